The highest BCUT2D eigenvalue weighted by Crippen LogP contribution is 2.33. The maximum atomic E-state index is 12.9. The number of fused-ring (bicyclic) bond motifs is 1. The molecule has 4 N–H and O–H groups in total. The molecule has 4 rings (SSSR count). The summed E-state index contributed by atoms with van der Waals surface area (Å²) in [5.41, 5.74) is 3.80. The first-order chi connectivity index (χ1) is 18.5. The van der Waals surface area contributed by atoms with Crippen LogP contribution in [0.5, 0.6) is 11.5 Å². The summed E-state index contributed by atoms with van der Waals surface area (Å²) in [6.07, 6.45) is -3.10. The Labute approximate surface area is 228 Å². The summed E-state index contributed by atoms with van der Waals surface area (Å²) in [6, 6.07) is 16.1. The summed E-state index contributed by atoms with van der Waals surface area (Å²) in [4.78, 5) is 19.3. The average molecular weight is 565 g/mol. The Morgan fingerprint density at radius 1 is 0.923 bits per heavy atom. The Bertz CT molecular complexity index is 1270. The van der Waals surface area contributed by atoms with Crippen molar-refractivity contribution < 1.29 is 37.7 Å². The zero-order valence-corrected chi connectivity index (χ0v) is 21.6. The molecule has 3 aromatic rings. The van der Waals surface area contributed by atoms with E-state index in [-0.39, 0.29) is 18.6 Å². The third-order valence-corrected chi connectivity index (χ3v) is 6.14. The molecule has 1 aliphatic rings. The summed E-state index contributed by atoms with van der Waals surface area (Å²) in [5, 5.41) is 23.4. The standard InChI is InChI=1S/C24H22ClF3N2O.C4H6O4/c25-22-9-6-17-10-12-29-13-11-21(17)23(22)30-15-16-4-7-19(8-5-16)31-20-3-1-2-18(14-20)24(26,27)28;5-3(6)1-2-4(7)8/h1-9,14,29-30H,10-13,15H2;1-2H2,(H,5,6)(H,7,8). The van der Waals surface area contributed by atoms with Crippen LogP contribution in [0.2, 0.25) is 5.02 Å². The molecule has 0 spiro atoms. The second-order valence-electron chi connectivity index (χ2n) is 8.72. The number of halogens is 4. The van der Waals surface area contributed by atoms with E-state index in [9.17, 15) is 22.8 Å². The van der Waals surface area contributed by atoms with Crippen molar-refractivity contribution in [1.29, 1.82) is 0 Å². The fourth-order valence-corrected chi connectivity index (χ4v) is 4.13. The minimum Gasteiger partial charge on any atom is -0.481 e. The first-order valence-electron chi connectivity index (χ1n) is 12.2. The highest BCUT2D eigenvalue weighted by atomic mass is 35.5. The van der Waals surface area contributed by atoms with Gasteiger partial charge in [0.1, 0.15) is 11.5 Å². The number of carbonyl (C=O) groups is 2. The molecule has 1 heterocycles. The number of ether oxygens (including phenoxy) is 1. The van der Waals surface area contributed by atoms with Gasteiger partial charge in [-0.2, -0.15) is 13.2 Å². The van der Waals surface area contributed by atoms with Crippen LogP contribution in [0.1, 0.15) is 35.1 Å². The molecule has 7 nitrogen and oxygen atoms in total. The van der Waals surface area contributed by atoms with Crippen LogP contribution in [0, 0.1) is 0 Å². The van der Waals surface area contributed by atoms with E-state index >= 15 is 0 Å². The molecule has 0 saturated heterocycles. The van der Waals surface area contributed by atoms with E-state index < -0.39 is 23.7 Å². The van der Waals surface area contributed by atoms with Crippen LogP contribution >= 0.6 is 11.6 Å². The van der Waals surface area contributed by atoms with Crippen molar-refractivity contribution in [1.82, 2.24) is 5.32 Å². The van der Waals surface area contributed by atoms with Crippen LogP contribution in [0.3, 0.4) is 0 Å². The van der Waals surface area contributed by atoms with Gasteiger partial charge >= 0.3 is 18.1 Å². The Hall–Kier alpha value is -3.76. The van der Waals surface area contributed by atoms with E-state index in [0.29, 0.717) is 17.3 Å². The third kappa shape index (κ3) is 9.49. The van der Waals surface area contributed by atoms with Gasteiger partial charge in [-0.25, -0.2) is 0 Å². The maximum absolute atomic E-state index is 12.9. The van der Waals surface area contributed by atoms with E-state index in [4.69, 9.17) is 26.6 Å². The molecular formula is C28H28ClF3N2O5. The highest BCUT2D eigenvalue weighted by molar-refractivity contribution is 6.33. The fraction of sp³-hybridized carbons (Fsp3) is 0.286. The zero-order valence-electron chi connectivity index (χ0n) is 20.9. The Morgan fingerprint density at radius 3 is 2.23 bits per heavy atom. The lowest BCUT2D eigenvalue weighted by Crippen LogP contribution is -2.16. The molecule has 0 radical (unpaired) electrons. The van der Waals surface area contributed by atoms with Gasteiger partial charge in [0.2, 0.25) is 0 Å². The van der Waals surface area contributed by atoms with E-state index in [1.165, 1.54) is 23.3 Å². The predicted molar refractivity (Wildman–Crippen MR) is 142 cm³/mol. The summed E-state index contributed by atoms with van der Waals surface area (Å²) in [5.74, 6) is -1.53. The van der Waals surface area contributed by atoms with Gasteiger partial charge in [0.15, 0.2) is 0 Å². The number of benzene rings is 3. The lowest BCUT2D eigenvalue weighted by Gasteiger charge is -2.16. The van der Waals surface area contributed by atoms with Gasteiger partial charge in [0, 0.05) is 6.54 Å². The number of hydrogen-bond donors (Lipinski definition) is 4. The van der Waals surface area contributed by atoms with E-state index in [1.54, 1.807) is 12.1 Å². The Morgan fingerprint density at radius 2 is 1.59 bits per heavy atom. The largest absolute Gasteiger partial charge is 0.481 e. The number of alkyl halides is 3. The Kier molecular flexibility index (Phi) is 10.6. The molecular weight excluding hydrogens is 537 g/mol. The summed E-state index contributed by atoms with van der Waals surface area (Å²) >= 11 is 6.46. The molecule has 0 aliphatic carbocycles. The quantitative estimate of drug-likeness (QED) is 0.251. The van der Waals surface area contributed by atoms with Gasteiger partial charge in [0.05, 0.1) is 29.1 Å². The average Bonchev–Trinajstić information content (AvgIpc) is 3.14. The number of carboxylic acid groups (broad SMARTS) is 2. The summed E-state index contributed by atoms with van der Waals surface area (Å²) in [6.45, 7) is 2.46. The van der Waals surface area contributed by atoms with Crippen molar-refractivity contribution in [3.63, 3.8) is 0 Å². The van der Waals surface area contributed by atoms with Gasteiger partial charge in [-0.3, -0.25) is 9.59 Å². The fourth-order valence-electron chi connectivity index (χ4n) is 3.89. The molecule has 3 aromatic carbocycles. The van der Waals surface area contributed by atoms with Crippen molar-refractivity contribution in [3.8, 4) is 11.5 Å². The van der Waals surface area contributed by atoms with Crippen LogP contribution in [0.25, 0.3) is 0 Å². The molecule has 0 atom stereocenters. The first-order valence-corrected chi connectivity index (χ1v) is 12.5. The topological polar surface area (TPSA) is 108 Å². The van der Waals surface area contributed by atoms with Gasteiger partial charge < -0.3 is 25.6 Å². The molecule has 0 unspecified atom stereocenters. The minimum absolute atomic E-state index is 0.146. The number of nitrogens with one attached hydrogen (secondary N) is 2. The van der Waals surface area contributed by atoms with Crippen molar-refractivity contribution in [2.75, 3.05) is 18.4 Å². The molecule has 11 heteroatoms. The van der Waals surface area contributed by atoms with Gasteiger partial charge in [-0.15, -0.1) is 0 Å². The molecule has 0 fully saturated rings. The van der Waals surface area contributed by atoms with Crippen molar-refractivity contribution in [2.24, 2.45) is 0 Å². The van der Waals surface area contributed by atoms with Crippen LogP contribution < -0.4 is 15.4 Å². The maximum Gasteiger partial charge on any atom is 0.416 e. The van der Waals surface area contributed by atoms with Crippen molar-refractivity contribution >= 4 is 29.2 Å². The molecule has 0 amide bonds. The van der Waals surface area contributed by atoms with Crippen molar-refractivity contribution in [2.45, 2.75) is 38.4 Å². The van der Waals surface area contributed by atoms with Crippen LogP contribution in [0.15, 0.2) is 60.7 Å². The van der Waals surface area contributed by atoms with Crippen molar-refractivity contribution in [3.05, 3.63) is 87.9 Å². The van der Waals surface area contributed by atoms with E-state index in [2.05, 4.69) is 16.7 Å². The van der Waals surface area contributed by atoms with E-state index in [1.807, 2.05) is 18.2 Å². The molecule has 0 bridgehead atoms. The normalized spacial score (nSPS) is 12.8. The second-order valence-corrected chi connectivity index (χ2v) is 9.13. The van der Waals surface area contributed by atoms with Crippen LogP contribution in [-0.2, 0) is 35.2 Å². The van der Waals surface area contributed by atoms with Gasteiger partial charge in [0.25, 0.3) is 0 Å². The third-order valence-electron chi connectivity index (χ3n) is 5.82. The minimum atomic E-state index is -4.40. The van der Waals surface area contributed by atoms with Crippen LogP contribution in [0.4, 0.5) is 18.9 Å². The SMILES string of the molecule is FC(F)(F)c1cccc(Oc2ccc(CNc3c(Cl)ccc4c3CCNCC4)cc2)c1.O=C(O)CCC(=O)O. The Balaban J connectivity index is 0.000000459. The lowest BCUT2D eigenvalue weighted by molar-refractivity contribution is -0.143. The molecule has 1 aliphatic heterocycles. The zero-order chi connectivity index (χ0) is 28.4. The summed E-state index contributed by atoms with van der Waals surface area (Å²) < 4.78 is 44.2. The molecule has 0 aromatic heterocycles. The van der Waals surface area contributed by atoms with Crippen LogP contribution in [-0.4, -0.2) is 35.2 Å². The van der Waals surface area contributed by atoms with Gasteiger partial charge in [-0.1, -0.05) is 35.9 Å². The number of anilines is 1. The molecule has 39 heavy (non-hydrogen) atoms. The molecule has 208 valence electrons. The number of aliphatic carboxylic acids is 2. The second kappa shape index (κ2) is 13.9. The number of rotatable bonds is 8. The smallest absolute Gasteiger partial charge is 0.416 e. The monoisotopic (exact) mass is 564 g/mol. The highest BCUT2D eigenvalue weighted by Gasteiger charge is 2.30. The van der Waals surface area contributed by atoms with Gasteiger partial charge in [-0.05, 0) is 79.0 Å². The predicted octanol–water partition coefficient (Wildman–Crippen LogP) is 6.39. The first kappa shape index (κ1) is 29.8. The molecule has 0 saturated carbocycles. The lowest BCUT2D eigenvalue weighted by atomic mass is 10.0. The number of hydrogen-bond acceptors (Lipinski definition) is 5. The van der Waals surface area contributed by atoms with E-state index in [0.717, 1.165) is 49.3 Å². The number of carboxylic acids is 2. The summed E-state index contributed by atoms with van der Waals surface area (Å²) in [7, 11) is 0.